The Labute approximate surface area is 350 Å². The minimum Gasteiger partial charge on any atom is -0.459 e. The van der Waals surface area contributed by atoms with Crippen molar-refractivity contribution in [2.45, 2.75) is 142 Å². The molecule has 3 saturated heterocycles. The van der Waals surface area contributed by atoms with Crippen LogP contribution in [0.4, 0.5) is 5.13 Å². The Morgan fingerprint density at radius 2 is 1.83 bits per heavy atom. The van der Waals surface area contributed by atoms with Gasteiger partial charge in [-0.3, -0.25) is 14.4 Å². The average Bonchev–Trinajstić information content (AvgIpc) is 3.54. The van der Waals surface area contributed by atoms with Gasteiger partial charge in [0, 0.05) is 30.5 Å². The van der Waals surface area contributed by atoms with Crippen molar-refractivity contribution in [2.24, 2.45) is 33.8 Å². The summed E-state index contributed by atoms with van der Waals surface area (Å²) in [7, 11) is 3.73. The minimum absolute atomic E-state index is 0.0870. The van der Waals surface area contributed by atoms with E-state index >= 15 is 0 Å². The number of benzene rings is 1. The van der Waals surface area contributed by atoms with Crippen molar-refractivity contribution in [1.29, 1.82) is 0 Å². The number of hydrogen-bond acceptors (Lipinski definition) is 16. The Morgan fingerprint density at radius 3 is 2.49 bits per heavy atom. The summed E-state index contributed by atoms with van der Waals surface area (Å²) in [6, 6.07) is 5.33. The van der Waals surface area contributed by atoms with Gasteiger partial charge in [-0.2, -0.15) is 0 Å². The number of nitrogen functional groups attached to an aromatic ring is 1. The third kappa shape index (κ3) is 10.6. The number of amides is 1. The number of cyclic esters (lactones) is 1. The van der Waals surface area contributed by atoms with E-state index < -0.39 is 83.2 Å². The van der Waals surface area contributed by atoms with Crippen molar-refractivity contribution < 1.29 is 53.1 Å². The van der Waals surface area contributed by atoms with Gasteiger partial charge in [-0.25, -0.2) is 9.98 Å². The molecule has 0 aliphatic carbocycles. The molecule has 2 aromatic rings. The lowest BCUT2D eigenvalue weighted by Crippen LogP contribution is -2.60. The van der Waals surface area contributed by atoms with Crippen LogP contribution in [0.5, 0.6) is 0 Å². The molecule has 17 heteroatoms. The first-order chi connectivity index (χ1) is 27.7. The summed E-state index contributed by atoms with van der Waals surface area (Å²) < 4.78 is 33.4. The van der Waals surface area contributed by atoms with Gasteiger partial charge in [0.05, 0.1) is 47.3 Å². The Bertz CT molecular complexity index is 1890. The highest BCUT2D eigenvalue weighted by atomic mass is 32.1. The molecule has 59 heavy (non-hydrogen) atoms. The van der Waals surface area contributed by atoms with Crippen LogP contribution in [0.1, 0.15) is 87.1 Å². The molecule has 4 N–H and O–H groups in total. The first kappa shape index (κ1) is 46.6. The molecule has 5 rings (SSSR count). The smallest absolute Gasteiger partial charge is 0.316 e. The van der Waals surface area contributed by atoms with Gasteiger partial charge in [0.15, 0.2) is 17.2 Å². The highest BCUT2D eigenvalue weighted by molar-refractivity contribution is 7.22. The molecule has 1 aromatic heterocycles. The number of thiazole rings is 1. The van der Waals surface area contributed by atoms with E-state index in [4.69, 9.17) is 34.3 Å². The molecule has 328 valence electrons. The Kier molecular flexibility index (Phi) is 15.1. The zero-order chi connectivity index (χ0) is 43.6. The maximum absolute atomic E-state index is 14.5. The van der Waals surface area contributed by atoms with Crippen LogP contribution in [0, 0.1) is 23.7 Å². The third-order valence-electron chi connectivity index (χ3n) is 12.0. The van der Waals surface area contributed by atoms with Crippen molar-refractivity contribution in [3.63, 3.8) is 0 Å². The lowest BCUT2D eigenvalue weighted by atomic mass is 9.73. The zero-order valence-corrected chi connectivity index (χ0v) is 37.0. The van der Waals surface area contributed by atoms with Crippen molar-refractivity contribution >= 4 is 55.8 Å². The Hall–Kier alpha value is -3.42. The van der Waals surface area contributed by atoms with E-state index in [0.717, 1.165) is 15.8 Å². The van der Waals surface area contributed by atoms with Crippen molar-refractivity contribution in [3.8, 4) is 0 Å². The number of likely N-dealkylation sites (N-methyl/N-ethyl adjacent to an activating group) is 1. The first-order valence-corrected chi connectivity index (χ1v) is 21.3. The summed E-state index contributed by atoms with van der Waals surface area (Å²) in [5.74, 6) is -5.32. The highest BCUT2D eigenvalue weighted by Crippen LogP contribution is 2.40. The van der Waals surface area contributed by atoms with Gasteiger partial charge in [-0.1, -0.05) is 50.3 Å². The molecule has 2 bridgehead atoms. The number of anilines is 1. The van der Waals surface area contributed by atoms with Gasteiger partial charge < -0.3 is 49.4 Å². The molecular weight excluding hydrogens is 783 g/mol. The molecular formula is C42H63N5O11S. The average molecular weight is 846 g/mol. The maximum atomic E-state index is 14.5. The molecule has 13 atom stereocenters. The van der Waals surface area contributed by atoms with Gasteiger partial charge in [0.1, 0.15) is 36.0 Å². The third-order valence-corrected chi connectivity index (χ3v) is 12.9. The van der Waals surface area contributed by atoms with E-state index in [-0.39, 0.29) is 44.8 Å². The zero-order valence-electron chi connectivity index (χ0n) is 36.2. The monoisotopic (exact) mass is 845 g/mol. The number of aliphatic hydroxyl groups is 2. The number of oxime groups is 1. The summed E-state index contributed by atoms with van der Waals surface area (Å²) >= 11 is 1.36. The SMILES string of the molecule is CC[C@H]1OC(=O)[C@H](C)C(=O)[C@H](C)[C@@H](O[C@@H]2O[C@H](C)C[C@H](N(C)C)[C@H]2O)[C@@]2(C)C[C@@H](C)C(=NC(C)=O)[C@H](C)[C@H](OC/C(=N\OCc3ccc4nc(N)sc4c3)CO2)[C@]1(C)O. The fourth-order valence-corrected chi connectivity index (χ4v) is 9.68. The minimum atomic E-state index is -1.85. The second-order valence-electron chi connectivity index (χ2n) is 17.2. The predicted octanol–water partition coefficient (Wildman–Crippen LogP) is 4.31. The number of ketones is 1. The van der Waals surface area contributed by atoms with Gasteiger partial charge in [-0.05, 0) is 84.7 Å². The number of aliphatic hydroxyl groups excluding tert-OH is 1. The molecule has 1 aromatic carbocycles. The van der Waals surface area contributed by atoms with E-state index in [1.54, 1.807) is 27.7 Å². The summed E-state index contributed by atoms with van der Waals surface area (Å²) in [6.45, 7) is 14.8. The number of hydrogen-bond donors (Lipinski definition) is 3. The number of nitrogens with zero attached hydrogens (tertiary/aromatic N) is 4. The second-order valence-corrected chi connectivity index (χ2v) is 18.2. The molecule has 3 fully saturated rings. The summed E-state index contributed by atoms with van der Waals surface area (Å²) in [5, 5.41) is 29.0. The number of carbonyl (C=O) groups is 3. The van der Waals surface area contributed by atoms with E-state index in [1.807, 2.05) is 51.0 Å². The molecule has 0 spiro atoms. The van der Waals surface area contributed by atoms with Gasteiger partial charge in [-0.15, -0.1) is 0 Å². The van der Waals surface area contributed by atoms with Crippen LogP contribution in [-0.2, 0) is 49.5 Å². The molecule has 3 aliphatic heterocycles. The van der Waals surface area contributed by atoms with Crippen molar-refractivity contribution in [3.05, 3.63) is 23.8 Å². The van der Waals surface area contributed by atoms with E-state index in [9.17, 15) is 24.6 Å². The quantitative estimate of drug-likeness (QED) is 0.201. The van der Waals surface area contributed by atoms with Gasteiger partial charge >= 0.3 is 5.97 Å². The Morgan fingerprint density at radius 1 is 1.12 bits per heavy atom. The van der Waals surface area contributed by atoms with Gasteiger partial charge in [0.2, 0.25) is 5.91 Å². The highest BCUT2D eigenvalue weighted by Gasteiger charge is 2.53. The summed E-state index contributed by atoms with van der Waals surface area (Å²) in [6.07, 6.45) is -5.12. The topological polar surface area (TPSA) is 214 Å². The maximum Gasteiger partial charge on any atom is 0.316 e. The summed E-state index contributed by atoms with van der Waals surface area (Å²) in [4.78, 5) is 57.8. The molecule has 0 saturated carbocycles. The lowest BCUT2D eigenvalue weighted by Gasteiger charge is -2.47. The standard InChI is InChI=1S/C42H63N5O11S/c1-12-32-42(9,52)37-23(4)33(44-26(7)48)21(2)17-41(8,54-20-28(19-53-37)46-55-18-27-13-14-29-31(16-27)59-40(43)45-29)36(24(5)34(49)25(6)38(51)57-32)58-39-35(50)30(47(10)11)15-22(3)56-39/h13-14,16,21-25,30,32,35-37,39,50,52H,12,15,17-20H2,1-11H3,(H2,43,45)/b44-33?,46-28+/t21-,22-,23+,24+,25-,30+,32-,35-,36-,37+,39+,41-,42-/m1/s1. The fourth-order valence-electron chi connectivity index (χ4n) is 8.88. The normalized spacial score (nSPS) is 38.2. The van der Waals surface area contributed by atoms with Crippen LogP contribution in [-0.4, -0.2) is 131 Å². The molecule has 0 unspecified atom stereocenters. The molecule has 1 amide bonds. The van der Waals surface area contributed by atoms with E-state index in [2.05, 4.69) is 15.1 Å². The van der Waals surface area contributed by atoms with Crippen LogP contribution >= 0.6 is 11.3 Å². The molecule has 3 aliphatic rings. The molecule has 4 heterocycles. The number of Topliss-reactive ketones (excluding diaryl/α,β-unsaturated/α-hetero) is 1. The van der Waals surface area contributed by atoms with Crippen molar-refractivity contribution in [2.75, 3.05) is 33.0 Å². The van der Waals surface area contributed by atoms with Crippen molar-refractivity contribution in [1.82, 2.24) is 9.88 Å². The van der Waals surface area contributed by atoms with Crippen LogP contribution < -0.4 is 5.73 Å². The number of rotatable bonds is 7. The largest absolute Gasteiger partial charge is 0.459 e. The number of carbonyl (C=O) groups excluding carboxylic acids is 3. The summed E-state index contributed by atoms with van der Waals surface area (Å²) in [5.41, 5.74) is 4.97. The number of aromatic nitrogens is 1. The number of fused-ring (bicyclic) bond motifs is 6. The molecule has 16 nitrogen and oxygen atoms in total. The van der Waals surface area contributed by atoms with Crippen LogP contribution in [0.2, 0.25) is 0 Å². The van der Waals surface area contributed by atoms with E-state index in [0.29, 0.717) is 23.0 Å². The van der Waals surface area contributed by atoms with Crippen LogP contribution in [0.25, 0.3) is 10.2 Å². The van der Waals surface area contributed by atoms with Gasteiger partial charge in [0.25, 0.3) is 0 Å². The second kappa shape index (κ2) is 19.1. The lowest BCUT2D eigenvalue weighted by molar-refractivity contribution is -0.296. The van der Waals surface area contributed by atoms with E-state index in [1.165, 1.54) is 32.1 Å². The number of esters is 1. The molecule has 0 radical (unpaired) electrons. The van der Waals surface area contributed by atoms with Crippen LogP contribution in [0.15, 0.2) is 28.3 Å². The Balaban J connectivity index is 1.66. The van der Waals surface area contributed by atoms with Crippen LogP contribution in [0.3, 0.4) is 0 Å². The number of aliphatic imine (C=N–C) groups is 1. The fraction of sp³-hybridized carbons (Fsp3) is 0.714. The number of ether oxygens (including phenoxy) is 5. The predicted molar refractivity (Wildman–Crippen MR) is 223 cm³/mol. The number of nitrogens with two attached hydrogens (primary N) is 1. The first-order valence-electron chi connectivity index (χ1n) is 20.5.